The number of methoxy groups -OCH3 is 1. The van der Waals surface area contributed by atoms with Crippen molar-refractivity contribution in [2.75, 3.05) is 59.7 Å². The first-order valence-corrected chi connectivity index (χ1v) is 7.40. The van der Waals surface area contributed by atoms with Gasteiger partial charge in [-0.05, 0) is 38.4 Å². The Hall–Kier alpha value is -0.200. The van der Waals surface area contributed by atoms with Gasteiger partial charge < -0.3 is 24.8 Å². The van der Waals surface area contributed by atoms with Crippen LogP contribution in [0.4, 0.5) is 0 Å². The fraction of sp³-hybridized carbons (Fsp3) is 1.00. The van der Waals surface area contributed by atoms with Crippen LogP contribution in [0.2, 0.25) is 0 Å². The minimum absolute atomic E-state index is 0.372. The van der Waals surface area contributed by atoms with Crippen LogP contribution in [0.1, 0.15) is 19.8 Å². The third-order valence-electron chi connectivity index (χ3n) is 3.38. The maximum absolute atomic E-state index is 9.71. The SMILES string of the molecule is COCCOCC(O)CNCC(C)CN1CCCC1. The van der Waals surface area contributed by atoms with Gasteiger partial charge in [0.15, 0.2) is 0 Å². The normalized spacial score (nSPS) is 19.7. The first kappa shape index (κ1) is 16.9. The Bertz CT molecular complexity index is 211. The molecule has 0 aromatic rings. The lowest BCUT2D eigenvalue weighted by Gasteiger charge is -2.21. The molecule has 1 fully saturated rings. The molecule has 0 aromatic heterocycles. The first-order valence-electron chi connectivity index (χ1n) is 7.40. The van der Waals surface area contributed by atoms with E-state index < -0.39 is 6.10 Å². The predicted octanol–water partition coefficient (Wildman–Crippen LogP) is 0.332. The fourth-order valence-electron chi connectivity index (χ4n) is 2.39. The number of aliphatic hydroxyl groups excluding tert-OH is 1. The molecule has 19 heavy (non-hydrogen) atoms. The Kier molecular flexibility index (Phi) is 9.38. The summed E-state index contributed by atoms with van der Waals surface area (Å²) >= 11 is 0. The number of hydrogen-bond acceptors (Lipinski definition) is 5. The van der Waals surface area contributed by atoms with Gasteiger partial charge >= 0.3 is 0 Å². The largest absolute Gasteiger partial charge is 0.389 e. The zero-order valence-electron chi connectivity index (χ0n) is 12.4. The summed E-state index contributed by atoms with van der Waals surface area (Å²) in [6.07, 6.45) is 2.26. The van der Waals surface area contributed by atoms with E-state index in [1.54, 1.807) is 7.11 Å². The van der Waals surface area contributed by atoms with Crippen LogP contribution >= 0.6 is 0 Å². The topological polar surface area (TPSA) is 54.0 Å². The number of nitrogens with zero attached hydrogens (tertiary/aromatic N) is 1. The van der Waals surface area contributed by atoms with E-state index in [4.69, 9.17) is 9.47 Å². The lowest BCUT2D eigenvalue weighted by atomic mass is 10.1. The standard InChI is InChI=1S/C14H30N2O3/c1-13(11-16-5-3-4-6-16)9-15-10-14(17)12-19-8-7-18-2/h13-15,17H,3-12H2,1-2H3. The third kappa shape index (κ3) is 8.55. The van der Waals surface area contributed by atoms with E-state index in [-0.39, 0.29) is 0 Å². The third-order valence-corrected chi connectivity index (χ3v) is 3.38. The molecule has 2 atom stereocenters. The van der Waals surface area contributed by atoms with Crippen LogP contribution in [-0.4, -0.2) is 75.8 Å². The second kappa shape index (κ2) is 10.6. The summed E-state index contributed by atoms with van der Waals surface area (Å²) in [6, 6.07) is 0. The van der Waals surface area contributed by atoms with Crippen molar-refractivity contribution in [3.63, 3.8) is 0 Å². The Morgan fingerprint density at radius 3 is 2.63 bits per heavy atom. The molecule has 5 nitrogen and oxygen atoms in total. The fourth-order valence-corrected chi connectivity index (χ4v) is 2.39. The molecule has 1 heterocycles. The number of hydrogen-bond donors (Lipinski definition) is 2. The molecule has 2 N–H and O–H groups in total. The van der Waals surface area contributed by atoms with Gasteiger partial charge in [-0.3, -0.25) is 0 Å². The van der Waals surface area contributed by atoms with E-state index >= 15 is 0 Å². The highest BCUT2D eigenvalue weighted by atomic mass is 16.5. The number of rotatable bonds is 11. The molecule has 5 heteroatoms. The second-order valence-corrected chi connectivity index (χ2v) is 5.49. The van der Waals surface area contributed by atoms with Crippen molar-refractivity contribution in [2.24, 2.45) is 5.92 Å². The van der Waals surface area contributed by atoms with Crippen molar-refractivity contribution >= 4 is 0 Å². The molecule has 0 amide bonds. The molecule has 1 saturated heterocycles. The molecule has 1 rings (SSSR count). The Morgan fingerprint density at radius 1 is 1.21 bits per heavy atom. The summed E-state index contributed by atoms with van der Waals surface area (Å²) < 4.78 is 10.2. The van der Waals surface area contributed by atoms with Crippen LogP contribution in [0, 0.1) is 5.92 Å². The Morgan fingerprint density at radius 2 is 1.95 bits per heavy atom. The molecule has 0 bridgehead atoms. The molecule has 114 valence electrons. The molecule has 1 aliphatic rings. The summed E-state index contributed by atoms with van der Waals surface area (Å²) in [5, 5.41) is 13.0. The van der Waals surface area contributed by atoms with Gasteiger partial charge in [0.1, 0.15) is 0 Å². The maximum atomic E-state index is 9.71. The van der Waals surface area contributed by atoms with Crippen LogP contribution in [0.3, 0.4) is 0 Å². The van der Waals surface area contributed by atoms with Crippen molar-refractivity contribution in [3.05, 3.63) is 0 Å². The number of ether oxygens (including phenoxy) is 2. The highest BCUT2D eigenvalue weighted by Gasteiger charge is 2.14. The average Bonchev–Trinajstić information content (AvgIpc) is 2.87. The minimum atomic E-state index is -0.434. The average molecular weight is 274 g/mol. The van der Waals surface area contributed by atoms with Gasteiger partial charge in [0.25, 0.3) is 0 Å². The highest BCUT2D eigenvalue weighted by molar-refractivity contribution is 4.70. The van der Waals surface area contributed by atoms with Gasteiger partial charge in [0.05, 0.1) is 25.9 Å². The van der Waals surface area contributed by atoms with E-state index in [0.717, 1.165) is 13.1 Å². The van der Waals surface area contributed by atoms with Gasteiger partial charge in [0, 0.05) is 20.2 Å². The molecule has 2 unspecified atom stereocenters. The van der Waals surface area contributed by atoms with Gasteiger partial charge in [-0.25, -0.2) is 0 Å². The van der Waals surface area contributed by atoms with Crippen LogP contribution < -0.4 is 5.32 Å². The number of aliphatic hydroxyl groups is 1. The molecule has 0 spiro atoms. The van der Waals surface area contributed by atoms with Gasteiger partial charge in [-0.1, -0.05) is 6.92 Å². The van der Waals surface area contributed by atoms with Crippen LogP contribution in [0.15, 0.2) is 0 Å². The minimum Gasteiger partial charge on any atom is -0.389 e. The van der Waals surface area contributed by atoms with Crippen molar-refractivity contribution < 1.29 is 14.6 Å². The summed E-state index contributed by atoms with van der Waals surface area (Å²) in [5.41, 5.74) is 0. The zero-order chi connectivity index (χ0) is 13.9. The van der Waals surface area contributed by atoms with Crippen molar-refractivity contribution in [1.82, 2.24) is 10.2 Å². The summed E-state index contributed by atoms with van der Waals surface area (Å²) in [7, 11) is 1.64. The number of nitrogens with one attached hydrogen (secondary N) is 1. The molecular weight excluding hydrogens is 244 g/mol. The Labute approximate surface area is 117 Å². The molecular formula is C14H30N2O3. The van der Waals surface area contributed by atoms with E-state index in [1.807, 2.05) is 0 Å². The van der Waals surface area contributed by atoms with Crippen molar-refractivity contribution in [2.45, 2.75) is 25.9 Å². The van der Waals surface area contributed by atoms with Crippen molar-refractivity contribution in [3.8, 4) is 0 Å². The van der Waals surface area contributed by atoms with Crippen LogP contribution in [0.25, 0.3) is 0 Å². The lowest BCUT2D eigenvalue weighted by Crippen LogP contribution is -2.36. The first-order chi connectivity index (χ1) is 9.22. The smallest absolute Gasteiger partial charge is 0.0897 e. The maximum Gasteiger partial charge on any atom is 0.0897 e. The van der Waals surface area contributed by atoms with Crippen LogP contribution in [0.5, 0.6) is 0 Å². The summed E-state index contributed by atoms with van der Waals surface area (Å²) in [4.78, 5) is 2.52. The van der Waals surface area contributed by atoms with E-state index in [1.165, 1.54) is 25.9 Å². The summed E-state index contributed by atoms with van der Waals surface area (Å²) in [6.45, 7) is 8.95. The van der Waals surface area contributed by atoms with E-state index in [9.17, 15) is 5.11 Å². The van der Waals surface area contributed by atoms with Gasteiger partial charge in [0.2, 0.25) is 0 Å². The van der Waals surface area contributed by atoms with Crippen LogP contribution in [-0.2, 0) is 9.47 Å². The predicted molar refractivity (Wildman–Crippen MR) is 76.4 cm³/mol. The van der Waals surface area contributed by atoms with Gasteiger partial charge in [-0.15, -0.1) is 0 Å². The molecule has 0 aromatic carbocycles. The van der Waals surface area contributed by atoms with Crippen molar-refractivity contribution in [1.29, 1.82) is 0 Å². The zero-order valence-corrected chi connectivity index (χ0v) is 12.4. The molecule has 0 aliphatic carbocycles. The Balaban J connectivity index is 1.93. The van der Waals surface area contributed by atoms with E-state index in [0.29, 0.717) is 32.3 Å². The van der Waals surface area contributed by atoms with Gasteiger partial charge in [-0.2, -0.15) is 0 Å². The summed E-state index contributed by atoms with van der Waals surface area (Å²) in [5.74, 6) is 0.625. The monoisotopic (exact) mass is 274 g/mol. The highest BCUT2D eigenvalue weighted by Crippen LogP contribution is 2.09. The molecule has 0 saturated carbocycles. The second-order valence-electron chi connectivity index (χ2n) is 5.49. The lowest BCUT2D eigenvalue weighted by molar-refractivity contribution is 0.0135. The quantitative estimate of drug-likeness (QED) is 0.532. The van der Waals surface area contributed by atoms with E-state index in [2.05, 4.69) is 17.1 Å². The molecule has 1 aliphatic heterocycles. The number of likely N-dealkylation sites (tertiary alicyclic amines) is 1. The molecule has 0 radical (unpaired) electrons.